The number of nitrogens with one attached hydrogen (secondary N) is 1. The Bertz CT molecular complexity index is 680. The van der Waals surface area contributed by atoms with Gasteiger partial charge in [-0.1, -0.05) is 0 Å². The van der Waals surface area contributed by atoms with Crippen LogP contribution in [0.25, 0.3) is 0 Å². The highest BCUT2D eigenvalue weighted by atomic mass is 16.5. The van der Waals surface area contributed by atoms with Gasteiger partial charge in [0.2, 0.25) is 0 Å². The number of hydrogen-bond acceptors (Lipinski definition) is 5. The first-order chi connectivity index (χ1) is 12.4. The zero-order valence-corrected chi connectivity index (χ0v) is 14.8. The Kier molecular flexibility index (Phi) is 5.55. The average Bonchev–Trinajstić information content (AvgIpc) is 3.29. The molecule has 142 valence electrons. The summed E-state index contributed by atoms with van der Waals surface area (Å²) < 4.78 is 6.92. The second kappa shape index (κ2) is 7.86. The van der Waals surface area contributed by atoms with E-state index in [-0.39, 0.29) is 11.8 Å². The van der Waals surface area contributed by atoms with Crippen molar-refractivity contribution < 1.29 is 24.2 Å². The van der Waals surface area contributed by atoms with Crippen molar-refractivity contribution in [3.8, 4) is 0 Å². The predicted octanol–water partition coefficient (Wildman–Crippen LogP) is 0.0207. The molecular weight excluding hydrogens is 340 g/mol. The van der Waals surface area contributed by atoms with E-state index < -0.39 is 18.2 Å². The molecule has 2 amide bonds. The first-order valence-electron chi connectivity index (χ1n) is 8.88. The molecule has 2 fully saturated rings. The van der Waals surface area contributed by atoms with Crippen molar-refractivity contribution in [3.05, 3.63) is 18.0 Å². The molecule has 0 unspecified atom stereocenters. The number of aryl methyl sites for hydroxylation is 1. The molecule has 1 aromatic rings. The SMILES string of the molecule is Cn1cc(C(=O)NCC2CCN(C(=O)[C@@H]3CC[C@H](C(=O)O)O3)CC2)cn1. The van der Waals surface area contributed by atoms with Gasteiger partial charge in [-0.25, -0.2) is 4.79 Å². The van der Waals surface area contributed by atoms with E-state index in [4.69, 9.17) is 9.84 Å². The van der Waals surface area contributed by atoms with E-state index in [1.165, 1.54) is 6.20 Å². The fourth-order valence-electron chi connectivity index (χ4n) is 3.44. The van der Waals surface area contributed by atoms with Gasteiger partial charge in [0.05, 0.1) is 11.8 Å². The van der Waals surface area contributed by atoms with Crippen molar-refractivity contribution in [2.45, 2.75) is 37.9 Å². The van der Waals surface area contributed by atoms with E-state index in [1.54, 1.807) is 22.8 Å². The van der Waals surface area contributed by atoms with Crippen LogP contribution in [0.15, 0.2) is 12.4 Å². The molecule has 0 aliphatic carbocycles. The summed E-state index contributed by atoms with van der Waals surface area (Å²) in [6.07, 6.45) is 4.12. The molecule has 0 aromatic carbocycles. The van der Waals surface area contributed by atoms with Crippen molar-refractivity contribution >= 4 is 17.8 Å². The topological polar surface area (TPSA) is 114 Å². The summed E-state index contributed by atoms with van der Waals surface area (Å²) in [5, 5.41) is 15.8. The van der Waals surface area contributed by atoms with Gasteiger partial charge in [0.25, 0.3) is 11.8 Å². The largest absolute Gasteiger partial charge is 0.479 e. The fraction of sp³-hybridized carbons (Fsp3) is 0.647. The third kappa shape index (κ3) is 4.21. The molecule has 9 heteroatoms. The Morgan fingerprint density at radius 2 is 1.92 bits per heavy atom. The highest BCUT2D eigenvalue weighted by Gasteiger charge is 2.37. The minimum absolute atomic E-state index is 0.119. The molecule has 9 nitrogen and oxygen atoms in total. The molecule has 1 aromatic heterocycles. The lowest BCUT2D eigenvalue weighted by Crippen LogP contribution is -2.45. The first-order valence-corrected chi connectivity index (χ1v) is 8.88. The number of nitrogens with zero attached hydrogens (tertiary/aromatic N) is 3. The molecule has 2 aliphatic heterocycles. The van der Waals surface area contributed by atoms with E-state index in [0.717, 1.165) is 12.8 Å². The minimum Gasteiger partial charge on any atom is -0.479 e. The Morgan fingerprint density at radius 1 is 1.23 bits per heavy atom. The van der Waals surface area contributed by atoms with E-state index in [1.807, 2.05) is 0 Å². The molecular formula is C17H24N4O5. The molecule has 2 saturated heterocycles. The molecule has 2 N–H and O–H groups in total. The quantitative estimate of drug-likeness (QED) is 0.761. The molecule has 0 saturated carbocycles. The van der Waals surface area contributed by atoms with Crippen molar-refractivity contribution in [1.29, 1.82) is 0 Å². The number of amides is 2. The number of rotatable bonds is 5. The van der Waals surface area contributed by atoms with Gasteiger partial charge in [0.1, 0.15) is 6.10 Å². The zero-order valence-electron chi connectivity index (χ0n) is 14.8. The Labute approximate surface area is 151 Å². The maximum absolute atomic E-state index is 12.5. The minimum atomic E-state index is -1.01. The highest BCUT2D eigenvalue weighted by molar-refractivity contribution is 5.93. The molecule has 0 spiro atoms. The zero-order chi connectivity index (χ0) is 18.7. The number of carboxylic acids is 1. The average molecular weight is 364 g/mol. The van der Waals surface area contributed by atoms with Crippen LogP contribution in [0.4, 0.5) is 0 Å². The van der Waals surface area contributed by atoms with E-state index in [2.05, 4.69) is 10.4 Å². The summed E-state index contributed by atoms with van der Waals surface area (Å²) >= 11 is 0. The van der Waals surface area contributed by atoms with Crippen molar-refractivity contribution in [3.63, 3.8) is 0 Å². The van der Waals surface area contributed by atoms with Crippen molar-refractivity contribution in [2.24, 2.45) is 13.0 Å². The second-order valence-corrected chi connectivity index (χ2v) is 6.91. The van der Waals surface area contributed by atoms with Crippen LogP contribution in [0, 0.1) is 5.92 Å². The molecule has 2 aliphatic rings. The number of ether oxygens (including phenoxy) is 1. The van der Waals surface area contributed by atoms with Gasteiger partial charge in [0, 0.05) is 32.9 Å². The number of piperidine rings is 1. The molecule has 26 heavy (non-hydrogen) atoms. The van der Waals surface area contributed by atoms with Crippen molar-refractivity contribution in [1.82, 2.24) is 20.0 Å². The number of likely N-dealkylation sites (tertiary alicyclic amines) is 1. The molecule has 2 atom stereocenters. The standard InChI is InChI=1S/C17H24N4O5/c1-20-10-12(9-19-20)15(22)18-8-11-4-6-21(7-5-11)16(23)13-2-3-14(26-13)17(24)25/h9-11,13-14H,2-8H2,1H3,(H,18,22)(H,24,25)/t13-,14+/m0/s1. The maximum Gasteiger partial charge on any atom is 0.332 e. The third-order valence-electron chi connectivity index (χ3n) is 5.02. The Hall–Kier alpha value is -2.42. The first kappa shape index (κ1) is 18.4. The van der Waals surface area contributed by atoms with Crippen LogP contribution in [-0.4, -0.2) is 69.4 Å². The van der Waals surface area contributed by atoms with Crippen molar-refractivity contribution in [2.75, 3.05) is 19.6 Å². The summed E-state index contributed by atoms with van der Waals surface area (Å²) in [7, 11) is 1.76. The van der Waals surface area contributed by atoms with Gasteiger partial charge >= 0.3 is 5.97 Å². The lowest BCUT2D eigenvalue weighted by atomic mass is 9.96. The lowest BCUT2D eigenvalue weighted by Gasteiger charge is -2.33. The van der Waals surface area contributed by atoms with Gasteiger partial charge in [-0.2, -0.15) is 5.10 Å². The summed E-state index contributed by atoms with van der Waals surface area (Å²) in [6.45, 7) is 1.77. The lowest BCUT2D eigenvalue weighted by molar-refractivity contribution is -0.155. The number of aliphatic carboxylic acids is 1. The summed E-state index contributed by atoms with van der Waals surface area (Å²) in [5.74, 6) is -0.957. The van der Waals surface area contributed by atoms with E-state index in [9.17, 15) is 14.4 Å². The number of aromatic nitrogens is 2. The summed E-state index contributed by atoms with van der Waals surface area (Å²) in [5.41, 5.74) is 0.534. The summed E-state index contributed by atoms with van der Waals surface area (Å²) in [4.78, 5) is 37.2. The van der Waals surface area contributed by atoms with Crippen LogP contribution in [0.1, 0.15) is 36.0 Å². The van der Waals surface area contributed by atoms with Gasteiger partial charge in [-0.3, -0.25) is 14.3 Å². The Balaban J connectivity index is 1.41. The molecule has 0 bridgehead atoms. The number of carbonyl (C=O) groups excluding carboxylic acids is 2. The maximum atomic E-state index is 12.5. The molecule has 3 rings (SSSR count). The monoisotopic (exact) mass is 364 g/mol. The molecule has 3 heterocycles. The van der Waals surface area contributed by atoms with Gasteiger partial charge in [-0.05, 0) is 31.6 Å². The van der Waals surface area contributed by atoms with Crippen LogP contribution < -0.4 is 5.32 Å². The smallest absolute Gasteiger partial charge is 0.332 e. The predicted molar refractivity (Wildman–Crippen MR) is 90.4 cm³/mol. The van der Waals surface area contributed by atoms with Crippen LogP contribution >= 0.6 is 0 Å². The van der Waals surface area contributed by atoms with Crippen LogP contribution in [0.5, 0.6) is 0 Å². The number of carboxylic acid groups (broad SMARTS) is 1. The van der Waals surface area contributed by atoms with Gasteiger partial charge in [0.15, 0.2) is 6.10 Å². The Morgan fingerprint density at radius 3 is 2.50 bits per heavy atom. The second-order valence-electron chi connectivity index (χ2n) is 6.91. The van der Waals surface area contributed by atoms with E-state index >= 15 is 0 Å². The van der Waals surface area contributed by atoms with Gasteiger partial charge < -0.3 is 20.1 Å². The normalized spacial score (nSPS) is 23.8. The third-order valence-corrected chi connectivity index (χ3v) is 5.02. The van der Waals surface area contributed by atoms with Crippen LogP contribution in [0.2, 0.25) is 0 Å². The van der Waals surface area contributed by atoms with E-state index in [0.29, 0.717) is 44.0 Å². The van der Waals surface area contributed by atoms with Crippen LogP contribution in [0.3, 0.4) is 0 Å². The number of carbonyl (C=O) groups is 3. The number of hydrogen-bond donors (Lipinski definition) is 2. The summed E-state index contributed by atoms with van der Waals surface area (Å²) in [6, 6.07) is 0. The fourth-order valence-corrected chi connectivity index (χ4v) is 3.44. The van der Waals surface area contributed by atoms with Crippen LogP contribution in [-0.2, 0) is 21.4 Å². The van der Waals surface area contributed by atoms with Gasteiger partial charge in [-0.15, -0.1) is 0 Å². The highest BCUT2D eigenvalue weighted by Crippen LogP contribution is 2.24. The molecule has 0 radical (unpaired) electrons.